The minimum absolute atomic E-state index is 0.0926. The number of carbonyl (C=O) groups is 1. The Kier molecular flexibility index (Phi) is 7.53. The molecule has 1 amide bonds. The Labute approximate surface area is 160 Å². The summed E-state index contributed by atoms with van der Waals surface area (Å²) in [6, 6.07) is 15.8. The average Bonchev–Trinajstić information content (AvgIpc) is 2.68. The van der Waals surface area contributed by atoms with Gasteiger partial charge in [0.2, 0.25) is 10.0 Å². The second kappa shape index (κ2) is 9.64. The van der Waals surface area contributed by atoms with Crippen LogP contribution in [0.3, 0.4) is 0 Å². The van der Waals surface area contributed by atoms with E-state index in [1.807, 2.05) is 30.3 Å². The van der Waals surface area contributed by atoms with Crippen LogP contribution in [0.25, 0.3) is 0 Å². The highest BCUT2D eigenvalue weighted by Crippen LogP contribution is 2.22. The molecule has 6 nitrogen and oxygen atoms in total. The number of benzene rings is 2. The van der Waals surface area contributed by atoms with Gasteiger partial charge in [-0.2, -0.15) is 0 Å². The molecule has 0 heterocycles. The number of amides is 1. The van der Waals surface area contributed by atoms with E-state index in [-0.39, 0.29) is 23.3 Å². The number of hydrogen-bond acceptors (Lipinski definition) is 4. The lowest BCUT2D eigenvalue weighted by Crippen LogP contribution is -2.26. The molecule has 0 saturated heterocycles. The summed E-state index contributed by atoms with van der Waals surface area (Å²) in [4.78, 5) is 12.4. The van der Waals surface area contributed by atoms with Crippen molar-refractivity contribution in [3.8, 4) is 0 Å². The molecular weight excluding hydrogens is 364 g/mol. The fourth-order valence-corrected chi connectivity index (χ4v) is 3.71. The fourth-order valence-electron chi connectivity index (χ4n) is 2.81. The Balaban J connectivity index is 1.95. The van der Waals surface area contributed by atoms with Gasteiger partial charge in [-0.15, -0.1) is 0 Å². The Morgan fingerprint density at radius 3 is 2.22 bits per heavy atom. The van der Waals surface area contributed by atoms with Gasteiger partial charge >= 0.3 is 0 Å². The Morgan fingerprint density at radius 2 is 1.67 bits per heavy atom. The summed E-state index contributed by atoms with van der Waals surface area (Å²) in [6.45, 7) is 0.561. The lowest BCUT2D eigenvalue weighted by Gasteiger charge is -2.17. The van der Waals surface area contributed by atoms with E-state index in [1.54, 1.807) is 0 Å². The third-order valence-corrected chi connectivity index (χ3v) is 6.25. The molecule has 1 atom stereocenters. The predicted molar refractivity (Wildman–Crippen MR) is 105 cm³/mol. The van der Waals surface area contributed by atoms with Crippen molar-refractivity contribution in [2.45, 2.75) is 23.7 Å². The van der Waals surface area contributed by atoms with Gasteiger partial charge in [-0.25, -0.2) is 12.7 Å². The number of nitrogens with one attached hydrogen (secondary N) is 1. The summed E-state index contributed by atoms with van der Waals surface area (Å²) in [5.74, 6) is -0.0799. The van der Waals surface area contributed by atoms with E-state index in [2.05, 4.69) is 5.32 Å². The van der Waals surface area contributed by atoms with Gasteiger partial charge < -0.3 is 10.4 Å². The normalized spacial score (nSPS) is 12.7. The molecule has 146 valence electrons. The van der Waals surface area contributed by atoms with Crippen molar-refractivity contribution in [3.05, 3.63) is 65.7 Å². The van der Waals surface area contributed by atoms with Crippen LogP contribution in [0.15, 0.2) is 59.5 Å². The van der Waals surface area contributed by atoms with Crippen LogP contribution in [0.2, 0.25) is 0 Å². The molecule has 7 heteroatoms. The summed E-state index contributed by atoms with van der Waals surface area (Å²) in [6.07, 6.45) is 1.35. The predicted octanol–water partition coefficient (Wildman–Crippen LogP) is 2.22. The van der Waals surface area contributed by atoms with Crippen LogP contribution < -0.4 is 5.32 Å². The molecule has 0 saturated carbocycles. The van der Waals surface area contributed by atoms with E-state index in [1.165, 1.54) is 38.4 Å². The maximum Gasteiger partial charge on any atom is 0.251 e. The van der Waals surface area contributed by atoms with Gasteiger partial charge in [0.1, 0.15) is 0 Å². The van der Waals surface area contributed by atoms with Gasteiger partial charge in [-0.05, 0) is 48.6 Å². The van der Waals surface area contributed by atoms with Gasteiger partial charge in [0.05, 0.1) is 4.90 Å². The van der Waals surface area contributed by atoms with Gasteiger partial charge in [-0.1, -0.05) is 30.3 Å². The molecule has 0 aliphatic carbocycles. The smallest absolute Gasteiger partial charge is 0.251 e. The largest absolute Gasteiger partial charge is 0.396 e. The number of nitrogens with zero attached hydrogens (tertiary/aromatic N) is 1. The number of aliphatic hydroxyl groups is 1. The molecule has 0 aliphatic rings. The zero-order chi connectivity index (χ0) is 19.9. The van der Waals surface area contributed by atoms with Crippen molar-refractivity contribution >= 4 is 15.9 Å². The Morgan fingerprint density at radius 1 is 1.04 bits per heavy atom. The zero-order valence-electron chi connectivity index (χ0n) is 15.6. The maximum atomic E-state index is 12.3. The fraction of sp³-hybridized carbons (Fsp3) is 0.350. The summed E-state index contributed by atoms with van der Waals surface area (Å²) >= 11 is 0. The van der Waals surface area contributed by atoms with Crippen molar-refractivity contribution in [2.24, 2.45) is 0 Å². The second-order valence-electron chi connectivity index (χ2n) is 6.48. The molecule has 27 heavy (non-hydrogen) atoms. The number of rotatable bonds is 9. The number of carbonyl (C=O) groups excluding carboxylic acids is 1. The highest BCUT2D eigenvalue weighted by Gasteiger charge is 2.17. The monoisotopic (exact) mass is 390 g/mol. The van der Waals surface area contributed by atoms with Gasteiger partial charge in [0.15, 0.2) is 0 Å². The highest BCUT2D eigenvalue weighted by molar-refractivity contribution is 7.89. The van der Waals surface area contributed by atoms with Crippen molar-refractivity contribution < 1.29 is 18.3 Å². The first-order chi connectivity index (χ1) is 12.9. The van der Waals surface area contributed by atoms with Crippen LogP contribution in [0.4, 0.5) is 0 Å². The van der Waals surface area contributed by atoms with E-state index in [4.69, 9.17) is 0 Å². The maximum absolute atomic E-state index is 12.3. The van der Waals surface area contributed by atoms with Gasteiger partial charge in [-0.3, -0.25) is 4.79 Å². The average molecular weight is 391 g/mol. The molecule has 0 bridgehead atoms. The molecule has 2 aromatic carbocycles. The van der Waals surface area contributed by atoms with Crippen LogP contribution in [0.5, 0.6) is 0 Å². The van der Waals surface area contributed by atoms with Crippen LogP contribution in [-0.4, -0.2) is 51.0 Å². The standard InChI is InChI=1S/C20H26N2O4S/c1-22(2)27(25,26)19-10-8-18(9-11-19)20(24)21-14-12-17(13-15-23)16-6-4-3-5-7-16/h3-11,17,23H,12-15H2,1-2H3,(H,21,24). The van der Waals surface area contributed by atoms with Crippen LogP contribution in [0.1, 0.15) is 34.7 Å². The lowest BCUT2D eigenvalue weighted by molar-refractivity contribution is 0.0952. The van der Waals surface area contributed by atoms with Crippen molar-refractivity contribution in [3.63, 3.8) is 0 Å². The van der Waals surface area contributed by atoms with E-state index >= 15 is 0 Å². The first kappa shape index (κ1) is 21.1. The molecule has 2 N–H and O–H groups in total. The van der Waals surface area contributed by atoms with Crippen LogP contribution in [-0.2, 0) is 10.0 Å². The van der Waals surface area contributed by atoms with E-state index in [9.17, 15) is 18.3 Å². The molecule has 0 radical (unpaired) electrons. The minimum Gasteiger partial charge on any atom is -0.396 e. The zero-order valence-corrected chi connectivity index (χ0v) is 16.4. The molecule has 0 aliphatic heterocycles. The number of hydrogen-bond donors (Lipinski definition) is 2. The quantitative estimate of drug-likeness (QED) is 0.687. The van der Waals surface area contributed by atoms with E-state index < -0.39 is 10.0 Å². The molecule has 2 aromatic rings. The van der Waals surface area contributed by atoms with Gasteiger partial charge in [0.25, 0.3) is 5.91 Å². The number of aliphatic hydroxyl groups excluding tert-OH is 1. The molecule has 0 spiro atoms. The molecule has 1 unspecified atom stereocenters. The second-order valence-corrected chi connectivity index (χ2v) is 8.63. The first-order valence-electron chi connectivity index (χ1n) is 8.83. The first-order valence-corrected chi connectivity index (χ1v) is 10.3. The summed E-state index contributed by atoms with van der Waals surface area (Å²) in [7, 11) is -0.579. The number of sulfonamides is 1. The SMILES string of the molecule is CN(C)S(=O)(=O)c1ccc(C(=O)NCCC(CCO)c2ccccc2)cc1. The topological polar surface area (TPSA) is 86.7 Å². The molecule has 0 fully saturated rings. The van der Waals surface area contributed by atoms with Gasteiger partial charge in [0, 0.05) is 32.8 Å². The van der Waals surface area contributed by atoms with Crippen LogP contribution in [0, 0.1) is 0 Å². The highest BCUT2D eigenvalue weighted by atomic mass is 32.2. The van der Waals surface area contributed by atoms with E-state index in [0.29, 0.717) is 24.9 Å². The van der Waals surface area contributed by atoms with Crippen molar-refractivity contribution in [1.29, 1.82) is 0 Å². The van der Waals surface area contributed by atoms with E-state index in [0.717, 1.165) is 9.87 Å². The molecule has 2 rings (SSSR count). The summed E-state index contributed by atoms with van der Waals surface area (Å²) in [5.41, 5.74) is 1.55. The molecular formula is C20H26N2O4S. The van der Waals surface area contributed by atoms with Crippen LogP contribution >= 0.6 is 0 Å². The molecule has 0 aromatic heterocycles. The third-order valence-electron chi connectivity index (χ3n) is 4.42. The third kappa shape index (κ3) is 5.63. The Bertz CT molecular complexity index is 834. The minimum atomic E-state index is -3.51. The van der Waals surface area contributed by atoms with Crippen molar-refractivity contribution in [1.82, 2.24) is 9.62 Å². The summed E-state index contributed by atoms with van der Waals surface area (Å²) in [5, 5.41) is 12.1. The lowest BCUT2D eigenvalue weighted by atomic mass is 9.93. The van der Waals surface area contributed by atoms with Crippen molar-refractivity contribution in [2.75, 3.05) is 27.2 Å². The Hall–Kier alpha value is -2.22. The summed E-state index contributed by atoms with van der Waals surface area (Å²) < 4.78 is 25.3.